The van der Waals surface area contributed by atoms with Crippen LogP contribution in [0.15, 0.2) is 18.2 Å². The van der Waals surface area contributed by atoms with Gasteiger partial charge in [-0.25, -0.2) is 4.39 Å². The van der Waals surface area contributed by atoms with Crippen LogP contribution in [0.25, 0.3) is 0 Å². The summed E-state index contributed by atoms with van der Waals surface area (Å²) in [5.41, 5.74) is 7.58. The first-order valence-electron chi connectivity index (χ1n) is 7.91. The van der Waals surface area contributed by atoms with Crippen LogP contribution < -0.4 is 10.6 Å². The lowest BCUT2D eigenvalue weighted by Gasteiger charge is -2.57. The average molecular weight is 288 g/mol. The molecule has 0 aromatic heterocycles. The molecule has 2 N–H and O–H groups in total. The summed E-state index contributed by atoms with van der Waals surface area (Å²) in [4.78, 5) is 14.5. The summed E-state index contributed by atoms with van der Waals surface area (Å²) < 4.78 is 13.7. The zero-order valence-corrected chi connectivity index (χ0v) is 12.1. The van der Waals surface area contributed by atoms with Gasteiger partial charge in [-0.05, 0) is 62.1 Å². The van der Waals surface area contributed by atoms with Gasteiger partial charge in [0.1, 0.15) is 5.82 Å². The first-order valence-corrected chi connectivity index (χ1v) is 7.91. The van der Waals surface area contributed by atoms with E-state index in [-0.39, 0.29) is 17.6 Å². The van der Waals surface area contributed by atoms with Gasteiger partial charge in [0.15, 0.2) is 0 Å². The van der Waals surface area contributed by atoms with Gasteiger partial charge in [0.05, 0.1) is 0 Å². The van der Waals surface area contributed by atoms with E-state index in [4.69, 9.17) is 5.73 Å². The number of amides is 1. The van der Waals surface area contributed by atoms with E-state index in [1.54, 1.807) is 11.0 Å². The van der Waals surface area contributed by atoms with Crippen molar-refractivity contribution in [1.82, 2.24) is 0 Å². The van der Waals surface area contributed by atoms with Crippen molar-refractivity contribution in [2.75, 3.05) is 18.0 Å². The fourth-order valence-corrected chi connectivity index (χ4v) is 4.67. The number of carbonyl (C=O) groups excluding carboxylic acids is 1. The number of benzene rings is 1. The molecule has 0 radical (unpaired) electrons. The van der Waals surface area contributed by atoms with Gasteiger partial charge < -0.3 is 10.6 Å². The van der Waals surface area contributed by atoms with Gasteiger partial charge in [-0.3, -0.25) is 4.79 Å². The average Bonchev–Trinajstić information content (AvgIpc) is 2.81. The molecule has 2 fully saturated rings. The predicted molar refractivity (Wildman–Crippen MR) is 79.4 cm³/mol. The normalized spacial score (nSPS) is 33.5. The second-order valence-corrected chi connectivity index (χ2v) is 7.09. The Morgan fingerprint density at radius 1 is 1.33 bits per heavy atom. The van der Waals surface area contributed by atoms with E-state index in [1.807, 2.05) is 6.07 Å². The zero-order chi connectivity index (χ0) is 14.6. The van der Waals surface area contributed by atoms with Crippen molar-refractivity contribution in [3.8, 4) is 0 Å². The van der Waals surface area contributed by atoms with E-state index in [0.29, 0.717) is 29.9 Å². The van der Waals surface area contributed by atoms with Crippen LogP contribution in [0.1, 0.15) is 31.2 Å². The fourth-order valence-electron chi connectivity index (χ4n) is 4.67. The van der Waals surface area contributed by atoms with Crippen LogP contribution in [0, 0.1) is 23.1 Å². The Morgan fingerprint density at radius 3 is 2.81 bits per heavy atom. The molecule has 1 heterocycles. The monoisotopic (exact) mass is 288 g/mol. The Kier molecular flexibility index (Phi) is 2.86. The first kappa shape index (κ1) is 13.3. The molecule has 3 aliphatic rings. The summed E-state index contributed by atoms with van der Waals surface area (Å²) in [6, 6.07) is 5.04. The summed E-state index contributed by atoms with van der Waals surface area (Å²) in [5.74, 6) is 0.819. The molecule has 1 aromatic rings. The second kappa shape index (κ2) is 4.54. The molecule has 1 spiro atoms. The lowest BCUT2D eigenvalue weighted by molar-refractivity contribution is -0.137. The molecular formula is C17H21FN2O. The molecule has 3 nitrogen and oxygen atoms in total. The van der Waals surface area contributed by atoms with Gasteiger partial charge in [0.25, 0.3) is 0 Å². The van der Waals surface area contributed by atoms with Gasteiger partial charge in [-0.15, -0.1) is 0 Å². The van der Waals surface area contributed by atoms with Crippen molar-refractivity contribution < 1.29 is 9.18 Å². The molecule has 0 atom stereocenters. The summed E-state index contributed by atoms with van der Waals surface area (Å²) in [6.07, 6.45) is 5.03. The standard InChI is InChI=1S/C17H21FN2O/c18-14-2-1-3-15-13(14)4-5-20(15)16(21)12-8-17(9-12)6-11(7-17)10-19/h1-3,11-12H,4-10,19H2. The van der Waals surface area contributed by atoms with Crippen LogP contribution in [-0.2, 0) is 11.2 Å². The number of halogens is 1. The highest BCUT2D eigenvalue weighted by Crippen LogP contribution is 2.61. The van der Waals surface area contributed by atoms with Gasteiger partial charge in [-0.2, -0.15) is 0 Å². The Labute approximate surface area is 124 Å². The Bertz CT molecular complexity index is 586. The Morgan fingerprint density at radius 2 is 2.10 bits per heavy atom. The molecule has 1 aromatic carbocycles. The van der Waals surface area contributed by atoms with Gasteiger partial charge >= 0.3 is 0 Å². The van der Waals surface area contributed by atoms with E-state index in [2.05, 4.69) is 0 Å². The summed E-state index contributed by atoms with van der Waals surface area (Å²) in [6.45, 7) is 1.41. The van der Waals surface area contributed by atoms with Crippen LogP contribution in [-0.4, -0.2) is 19.0 Å². The third-order valence-corrected chi connectivity index (χ3v) is 5.72. The van der Waals surface area contributed by atoms with E-state index >= 15 is 0 Å². The summed E-state index contributed by atoms with van der Waals surface area (Å²) in [5, 5.41) is 0. The molecule has 112 valence electrons. The number of anilines is 1. The van der Waals surface area contributed by atoms with Crippen molar-refractivity contribution in [3.63, 3.8) is 0 Å². The quantitative estimate of drug-likeness (QED) is 0.908. The first-order chi connectivity index (χ1) is 10.1. The molecule has 1 aliphatic heterocycles. The van der Waals surface area contributed by atoms with Crippen LogP contribution in [0.2, 0.25) is 0 Å². The van der Waals surface area contributed by atoms with E-state index in [9.17, 15) is 9.18 Å². The molecule has 0 unspecified atom stereocenters. The largest absolute Gasteiger partial charge is 0.330 e. The zero-order valence-electron chi connectivity index (χ0n) is 12.1. The number of carbonyl (C=O) groups is 1. The third kappa shape index (κ3) is 1.92. The lowest BCUT2D eigenvalue weighted by Crippen LogP contribution is -2.53. The van der Waals surface area contributed by atoms with Crippen LogP contribution >= 0.6 is 0 Å². The van der Waals surface area contributed by atoms with E-state index in [0.717, 1.165) is 25.1 Å². The number of hydrogen-bond donors (Lipinski definition) is 1. The molecule has 4 rings (SSSR count). The second-order valence-electron chi connectivity index (χ2n) is 7.09. The van der Waals surface area contributed by atoms with Gasteiger partial charge in [0, 0.05) is 23.7 Å². The molecule has 1 amide bonds. The highest BCUT2D eigenvalue weighted by molar-refractivity contribution is 5.97. The molecule has 2 aliphatic carbocycles. The van der Waals surface area contributed by atoms with Gasteiger partial charge in [-0.1, -0.05) is 6.07 Å². The minimum atomic E-state index is -0.183. The van der Waals surface area contributed by atoms with Crippen LogP contribution in [0.3, 0.4) is 0 Å². The third-order valence-electron chi connectivity index (χ3n) is 5.72. The summed E-state index contributed by atoms with van der Waals surface area (Å²) >= 11 is 0. The molecule has 0 saturated heterocycles. The molecule has 0 bridgehead atoms. The highest BCUT2D eigenvalue weighted by atomic mass is 19.1. The van der Waals surface area contributed by atoms with Crippen molar-refractivity contribution >= 4 is 11.6 Å². The number of nitrogens with zero attached hydrogens (tertiary/aromatic N) is 1. The Balaban J connectivity index is 1.44. The highest BCUT2D eigenvalue weighted by Gasteiger charge is 2.55. The number of fused-ring (bicyclic) bond motifs is 1. The number of nitrogens with two attached hydrogens (primary N) is 1. The van der Waals surface area contributed by atoms with Crippen LogP contribution in [0.4, 0.5) is 10.1 Å². The van der Waals surface area contributed by atoms with Crippen molar-refractivity contribution in [2.24, 2.45) is 23.0 Å². The molecular weight excluding hydrogens is 267 g/mol. The maximum atomic E-state index is 13.7. The smallest absolute Gasteiger partial charge is 0.230 e. The van der Waals surface area contributed by atoms with E-state index in [1.165, 1.54) is 18.9 Å². The maximum Gasteiger partial charge on any atom is 0.230 e. The number of rotatable bonds is 2. The van der Waals surface area contributed by atoms with Crippen molar-refractivity contribution in [2.45, 2.75) is 32.1 Å². The Hall–Kier alpha value is -1.42. The molecule has 21 heavy (non-hydrogen) atoms. The maximum absolute atomic E-state index is 13.7. The fraction of sp³-hybridized carbons (Fsp3) is 0.588. The minimum absolute atomic E-state index is 0.137. The summed E-state index contributed by atoms with van der Waals surface area (Å²) in [7, 11) is 0. The lowest BCUT2D eigenvalue weighted by atomic mass is 9.48. The predicted octanol–water partition coefficient (Wildman–Crippen LogP) is 2.48. The number of hydrogen-bond acceptors (Lipinski definition) is 2. The van der Waals surface area contributed by atoms with Crippen molar-refractivity contribution in [1.29, 1.82) is 0 Å². The SMILES string of the molecule is NCC1CC2(C1)CC(C(=O)N1CCc3c(F)cccc31)C2. The van der Waals surface area contributed by atoms with Crippen molar-refractivity contribution in [3.05, 3.63) is 29.6 Å². The van der Waals surface area contributed by atoms with Crippen LogP contribution in [0.5, 0.6) is 0 Å². The topological polar surface area (TPSA) is 46.3 Å². The van der Waals surface area contributed by atoms with E-state index < -0.39 is 0 Å². The minimum Gasteiger partial charge on any atom is -0.330 e. The molecule has 4 heteroatoms. The van der Waals surface area contributed by atoms with Gasteiger partial charge in [0.2, 0.25) is 5.91 Å². The molecule has 2 saturated carbocycles.